The Morgan fingerprint density at radius 3 is 2.78 bits per heavy atom. The molecule has 23 heavy (non-hydrogen) atoms. The van der Waals surface area contributed by atoms with Crippen molar-refractivity contribution in [3.63, 3.8) is 0 Å². The predicted octanol–water partition coefficient (Wildman–Crippen LogP) is 3.64. The maximum atomic E-state index is 13.6. The molecule has 0 spiro atoms. The van der Waals surface area contributed by atoms with Gasteiger partial charge in [0.25, 0.3) is 0 Å². The van der Waals surface area contributed by atoms with Gasteiger partial charge in [0.2, 0.25) is 5.91 Å². The van der Waals surface area contributed by atoms with Gasteiger partial charge in [0, 0.05) is 29.2 Å². The lowest BCUT2D eigenvalue weighted by Gasteiger charge is -2.06. The maximum Gasteiger partial charge on any atom is 0.228 e. The highest BCUT2D eigenvalue weighted by atomic mass is 19.1. The first-order valence-electron chi connectivity index (χ1n) is 6.95. The van der Waals surface area contributed by atoms with Crippen molar-refractivity contribution in [3.05, 3.63) is 59.8 Å². The van der Waals surface area contributed by atoms with Crippen molar-refractivity contribution in [2.45, 2.75) is 6.42 Å². The molecule has 0 saturated heterocycles. The molecule has 2 N–H and O–H groups in total. The van der Waals surface area contributed by atoms with Gasteiger partial charge in [0.15, 0.2) is 0 Å². The van der Waals surface area contributed by atoms with E-state index in [2.05, 4.69) is 10.3 Å². The highest BCUT2D eigenvalue weighted by Gasteiger charge is 2.12. The number of benzene rings is 2. The fourth-order valence-electron chi connectivity index (χ4n) is 2.40. The minimum absolute atomic E-state index is 0.0436. The van der Waals surface area contributed by atoms with E-state index in [0.717, 1.165) is 28.6 Å². The van der Waals surface area contributed by atoms with Crippen LogP contribution in [0, 0.1) is 11.6 Å². The number of rotatable bonds is 4. The summed E-state index contributed by atoms with van der Waals surface area (Å²) in [6.45, 7) is 0. The van der Waals surface area contributed by atoms with Gasteiger partial charge in [-0.3, -0.25) is 4.79 Å². The van der Waals surface area contributed by atoms with Crippen LogP contribution in [-0.4, -0.2) is 18.0 Å². The van der Waals surface area contributed by atoms with Crippen LogP contribution in [0.1, 0.15) is 5.56 Å². The molecule has 4 nitrogen and oxygen atoms in total. The Bertz CT molecular complexity index is 874. The number of nitrogens with one attached hydrogen (secondary N) is 2. The van der Waals surface area contributed by atoms with E-state index in [0.29, 0.717) is 5.75 Å². The van der Waals surface area contributed by atoms with Gasteiger partial charge in [-0.1, -0.05) is 0 Å². The van der Waals surface area contributed by atoms with E-state index in [1.807, 2.05) is 12.1 Å². The first-order chi connectivity index (χ1) is 11.1. The molecule has 1 amide bonds. The van der Waals surface area contributed by atoms with E-state index in [4.69, 9.17) is 4.74 Å². The van der Waals surface area contributed by atoms with E-state index < -0.39 is 11.6 Å². The normalized spacial score (nSPS) is 10.7. The van der Waals surface area contributed by atoms with Gasteiger partial charge >= 0.3 is 0 Å². The number of hydrogen-bond donors (Lipinski definition) is 2. The van der Waals surface area contributed by atoms with Crippen molar-refractivity contribution in [1.82, 2.24) is 4.98 Å². The van der Waals surface area contributed by atoms with Gasteiger partial charge in [-0.05, 0) is 29.8 Å². The number of hydrogen-bond acceptors (Lipinski definition) is 2. The second kappa shape index (κ2) is 6.08. The molecule has 1 heterocycles. The number of fused-ring (bicyclic) bond motifs is 1. The number of amides is 1. The Morgan fingerprint density at radius 2 is 2.04 bits per heavy atom. The van der Waals surface area contributed by atoms with Gasteiger partial charge in [-0.25, -0.2) is 8.78 Å². The lowest BCUT2D eigenvalue weighted by atomic mass is 10.1. The zero-order chi connectivity index (χ0) is 16.4. The van der Waals surface area contributed by atoms with Crippen LogP contribution in [0.4, 0.5) is 14.5 Å². The fourth-order valence-corrected chi connectivity index (χ4v) is 2.40. The number of carbonyl (C=O) groups excluding carboxylic acids is 1. The SMILES string of the molecule is COc1ccc2c(CC(=O)Nc3ccc(F)cc3F)c[nH]c2c1. The summed E-state index contributed by atoms with van der Waals surface area (Å²) >= 11 is 0. The third-order valence-corrected chi connectivity index (χ3v) is 3.53. The number of methoxy groups -OCH3 is 1. The van der Waals surface area contributed by atoms with Crippen LogP contribution >= 0.6 is 0 Å². The highest BCUT2D eigenvalue weighted by Crippen LogP contribution is 2.24. The molecule has 0 unspecified atom stereocenters. The third-order valence-electron chi connectivity index (χ3n) is 3.53. The standard InChI is InChI=1S/C17H14F2N2O2/c1-23-12-3-4-13-10(9-20-16(13)8-12)6-17(22)21-15-5-2-11(18)7-14(15)19/h2-5,7-9,20H,6H2,1H3,(H,21,22). The van der Waals surface area contributed by atoms with Crippen LogP contribution in [0.15, 0.2) is 42.6 Å². The second-order valence-electron chi connectivity index (χ2n) is 5.07. The molecule has 3 aromatic rings. The molecule has 0 atom stereocenters. The molecule has 0 aliphatic heterocycles. The summed E-state index contributed by atoms with van der Waals surface area (Å²) in [4.78, 5) is 15.1. The number of H-pyrrole nitrogens is 1. The molecule has 6 heteroatoms. The number of ether oxygens (including phenoxy) is 1. The third kappa shape index (κ3) is 3.15. The number of aromatic amines is 1. The van der Waals surface area contributed by atoms with E-state index in [1.54, 1.807) is 19.4 Å². The number of carbonyl (C=O) groups is 1. The molecule has 118 valence electrons. The molecular formula is C17H14F2N2O2. The lowest BCUT2D eigenvalue weighted by molar-refractivity contribution is -0.115. The van der Waals surface area contributed by atoms with Crippen molar-refractivity contribution >= 4 is 22.5 Å². The summed E-state index contributed by atoms with van der Waals surface area (Å²) in [7, 11) is 1.58. The summed E-state index contributed by atoms with van der Waals surface area (Å²) in [6.07, 6.45) is 1.80. The zero-order valence-electron chi connectivity index (χ0n) is 12.3. The average molecular weight is 316 g/mol. The molecule has 0 aliphatic rings. The van der Waals surface area contributed by atoms with Crippen LogP contribution in [0.3, 0.4) is 0 Å². The zero-order valence-corrected chi connectivity index (χ0v) is 12.3. The molecule has 3 rings (SSSR count). The Hall–Kier alpha value is -2.89. The first-order valence-corrected chi connectivity index (χ1v) is 6.95. The summed E-state index contributed by atoms with van der Waals surface area (Å²) in [5.74, 6) is -1.16. The maximum absolute atomic E-state index is 13.6. The highest BCUT2D eigenvalue weighted by molar-refractivity contribution is 5.96. The van der Waals surface area contributed by atoms with Gasteiger partial charge in [-0.2, -0.15) is 0 Å². The van der Waals surface area contributed by atoms with Crippen molar-refractivity contribution in [2.75, 3.05) is 12.4 Å². The van der Waals surface area contributed by atoms with Gasteiger partial charge in [0.1, 0.15) is 17.4 Å². The van der Waals surface area contributed by atoms with E-state index in [9.17, 15) is 13.6 Å². The van der Waals surface area contributed by atoms with Crippen LogP contribution in [0.5, 0.6) is 5.75 Å². The topological polar surface area (TPSA) is 54.1 Å². The smallest absolute Gasteiger partial charge is 0.228 e. The summed E-state index contributed by atoms with van der Waals surface area (Å²) < 4.78 is 31.6. The second-order valence-corrected chi connectivity index (χ2v) is 5.07. The van der Waals surface area contributed by atoms with Gasteiger partial charge in [-0.15, -0.1) is 0 Å². The van der Waals surface area contributed by atoms with E-state index >= 15 is 0 Å². The quantitative estimate of drug-likeness (QED) is 0.772. The van der Waals surface area contributed by atoms with Crippen molar-refractivity contribution in [3.8, 4) is 5.75 Å². The molecule has 2 aromatic carbocycles. The Morgan fingerprint density at radius 1 is 1.22 bits per heavy atom. The molecule has 1 aromatic heterocycles. The van der Waals surface area contributed by atoms with Crippen LogP contribution in [0.2, 0.25) is 0 Å². The van der Waals surface area contributed by atoms with Crippen LogP contribution in [0.25, 0.3) is 10.9 Å². The van der Waals surface area contributed by atoms with Crippen LogP contribution < -0.4 is 10.1 Å². The minimum Gasteiger partial charge on any atom is -0.497 e. The molecule has 0 bridgehead atoms. The summed E-state index contributed by atoms with van der Waals surface area (Å²) in [5, 5.41) is 3.33. The largest absolute Gasteiger partial charge is 0.497 e. The van der Waals surface area contributed by atoms with Crippen molar-refractivity contribution < 1.29 is 18.3 Å². The first kappa shape index (κ1) is 15.0. The minimum atomic E-state index is -0.804. The van der Waals surface area contributed by atoms with Gasteiger partial charge < -0.3 is 15.0 Å². The summed E-state index contributed by atoms with van der Waals surface area (Å²) in [5.41, 5.74) is 1.58. The van der Waals surface area contributed by atoms with Gasteiger partial charge in [0.05, 0.1) is 19.2 Å². The lowest BCUT2D eigenvalue weighted by Crippen LogP contribution is -2.15. The Kier molecular flexibility index (Phi) is 3.97. The Labute approximate surface area is 131 Å². The van der Waals surface area contributed by atoms with Crippen molar-refractivity contribution in [2.24, 2.45) is 0 Å². The monoisotopic (exact) mass is 316 g/mol. The molecule has 0 radical (unpaired) electrons. The van der Waals surface area contributed by atoms with E-state index in [1.165, 1.54) is 6.07 Å². The fraction of sp³-hybridized carbons (Fsp3) is 0.118. The summed E-state index contributed by atoms with van der Waals surface area (Å²) in [6, 6.07) is 8.51. The van der Waals surface area contributed by atoms with Crippen molar-refractivity contribution in [1.29, 1.82) is 0 Å². The number of halogens is 2. The molecular weight excluding hydrogens is 302 g/mol. The average Bonchev–Trinajstić information content (AvgIpc) is 2.92. The predicted molar refractivity (Wildman–Crippen MR) is 83.5 cm³/mol. The van der Waals surface area contributed by atoms with Crippen LogP contribution in [-0.2, 0) is 11.2 Å². The van der Waals surface area contributed by atoms with E-state index in [-0.39, 0.29) is 18.0 Å². The molecule has 0 fully saturated rings. The molecule has 0 aliphatic carbocycles. The Balaban J connectivity index is 1.77. The number of anilines is 1. The molecule has 0 saturated carbocycles. The number of aromatic nitrogens is 1.